The van der Waals surface area contributed by atoms with Crippen molar-refractivity contribution in [2.45, 2.75) is 51.1 Å². The number of nitrogens with two attached hydrogens (primary N) is 1. The van der Waals surface area contributed by atoms with Gasteiger partial charge in [0.2, 0.25) is 0 Å². The van der Waals surface area contributed by atoms with Gasteiger partial charge >= 0.3 is 0 Å². The molecule has 1 aromatic carbocycles. The lowest BCUT2D eigenvalue weighted by Crippen LogP contribution is -2.37. The third-order valence-electron chi connectivity index (χ3n) is 4.69. The van der Waals surface area contributed by atoms with Crippen LogP contribution >= 0.6 is 27.5 Å². The molecule has 2 N–H and O–H groups in total. The zero-order chi connectivity index (χ0) is 15.4. The molecule has 0 saturated heterocycles. The van der Waals surface area contributed by atoms with Gasteiger partial charge in [0.05, 0.1) is 0 Å². The average molecular weight is 374 g/mol. The molecule has 0 radical (unpaired) electrons. The van der Waals surface area contributed by atoms with Gasteiger partial charge in [0.25, 0.3) is 0 Å². The number of halogens is 2. The molecule has 1 aromatic rings. The van der Waals surface area contributed by atoms with Crippen molar-refractivity contribution in [3.05, 3.63) is 33.3 Å². The minimum absolute atomic E-state index is 0.00839. The highest BCUT2D eigenvalue weighted by molar-refractivity contribution is 9.10. The van der Waals surface area contributed by atoms with Crippen LogP contribution in [0.15, 0.2) is 22.7 Å². The van der Waals surface area contributed by atoms with Gasteiger partial charge in [-0.2, -0.15) is 0 Å². The highest BCUT2D eigenvalue weighted by atomic mass is 79.9. The maximum Gasteiger partial charge on any atom is 0.0464 e. The van der Waals surface area contributed by atoms with E-state index >= 15 is 0 Å². The Balaban J connectivity index is 1.86. The molecule has 1 saturated carbocycles. The van der Waals surface area contributed by atoms with Crippen LogP contribution in [0.5, 0.6) is 0 Å². The van der Waals surface area contributed by atoms with E-state index in [2.05, 4.69) is 34.8 Å². The molecule has 21 heavy (non-hydrogen) atoms. The van der Waals surface area contributed by atoms with Gasteiger partial charge in [-0.05, 0) is 56.5 Å². The fourth-order valence-corrected chi connectivity index (χ4v) is 4.10. The molecule has 4 heteroatoms. The Morgan fingerprint density at radius 1 is 1.43 bits per heavy atom. The summed E-state index contributed by atoms with van der Waals surface area (Å²) in [6, 6.07) is 6.69. The molecule has 0 aromatic heterocycles. The molecule has 2 nitrogen and oxygen atoms in total. The average Bonchev–Trinajstić information content (AvgIpc) is 2.44. The Kier molecular flexibility index (Phi) is 6.54. The van der Waals surface area contributed by atoms with Gasteiger partial charge in [-0.15, -0.1) is 0 Å². The maximum absolute atomic E-state index is 6.32. The summed E-state index contributed by atoms with van der Waals surface area (Å²) in [4.78, 5) is 2.49. The fraction of sp³-hybridized carbons (Fsp3) is 0.647. The first-order chi connectivity index (χ1) is 9.97. The van der Waals surface area contributed by atoms with Crippen molar-refractivity contribution in [2.24, 2.45) is 11.7 Å². The van der Waals surface area contributed by atoms with Crippen molar-refractivity contribution in [2.75, 3.05) is 13.6 Å². The predicted molar refractivity (Wildman–Crippen MR) is 94.7 cm³/mol. The van der Waals surface area contributed by atoms with Gasteiger partial charge in [0.15, 0.2) is 0 Å². The van der Waals surface area contributed by atoms with Crippen molar-refractivity contribution in [3.63, 3.8) is 0 Å². The molecule has 0 bridgehead atoms. The van der Waals surface area contributed by atoms with E-state index in [1.807, 2.05) is 18.2 Å². The van der Waals surface area contributed by atoms with Crippen LogP contribution in [0.25, 0.3) is 0 Å². The van der Waals surface area contributed by atoms with Gasteiger partial charge < -0.3 is 10.6 Å². The van der Waals surface area contributed by atoms with E-state index in [-0.39, 0.29) is 6.04 Å². The highest BCUT2D eigenvalue weighted by Gasteiger charge is 2.22. The molecule has 3 atom stereocenters. The summed E-state index contributed by atoms with van der Waals surface area (Å²) in [5.41, 5.74) is 7.37. The first kappa shape index (κ1) is 17.3. The zero-order valence-corrected chi connectivity index (χ0v) is 15.3. The van der Waals surface area contributed by atoms with E-state index in [4.69, 9.17) is 17.3 Å². The minimum atomic E-state index is 0.00839. The van der Waals surface area contributed by atoms with E-state index in [0.717, 1.165) is 40.0 Å². The monoisotopic (exact) mass is 372 g/mol. The van der Waals surface area contributed by atoms with Crippen LogP contribution in [-0.4, -0.2) is 24.5 Å². The van der Waals surface area contributed by atoms with Crippen LogP contribution in [0.2, 0.25) is 5.02 Å². The van der Waals surface area contributed by atoms with Gasteiger partial charge in [-0.1, -0.05) is 53.4 Å². The molecular formula is C17H26BrClN2. The number of hydrogen-bond donors (Lipinski definition) is 1. The standard InChI is InChI=1S/C17H26BrClN2/c1-12-4-3-5-14(10-12)21(2)9-8-17(20)15-7-6-13(18)11-16(15)19/h6-7,11-12,14,17H,3-5,8-10,20H2,1-2H3. The lowest BCUT2D eigenvalue weighted by atomic mass is 9.86. The van der Waals surface area contributed by atoms with Crippen molar-refractivity contribution in [3.8, 4) is 0 Å². The van der Waals surface area contributed by atoms with E-state index in [1.54, 1.807) is 0 Å². The zero-order valence-electron chi connectivity index (χ0n) is 13.0. The summed E-state index contributed by atoms with van der Waals surface area (Å²) in [5.74, 6) is 0.862. The quantitative estimate of drug-likeness (QED) is 0.786. The van der Waals surface area contributed by atoms with E-state index in [0.29, 0.717) is 0 Å². The largest absolute Gasteiger partial charge is 0.324 e. The van der Waals surface area contributed by atoms with E-state index in [9.17, 15) is 0 Å². The Bertz CT molecular complexity index is 466. The van der Waals surface area contributed by atoms with Gasteiger partial charge in [-0.25, -0.2) is 0 Å². The normalized spacial score (nSPS) is 24.3. The Morgan fingerprint density at radius 2 is 2.19 bits per heavy atom. The molecule has 2 rings (SSSR count). The molecule has 0 heterocycles. The summed E-state index contributed by atoms with van der Waals surface area (Å²) >= 11 is 9.72. The minimum Gasteiger partial charge on any atom is -0.324 e. The number of hydrogen-bond acceptors (Lipinski definition) is 2. The summed E-state index contributed by atoms with van der Waals surface area (Å²) < 4.78 is 0.997. The van der Waals surface area contributed by atoms with Crippen LogP contribution in [-0.2, 0) is 0 Å². The summed E-state index contributed by atoms with van der Waals surface area (Å²) in [7, 11) is 2.23. The third-order valence-corrected chi connectivity index (χ3v) is 5.51. The second kappa shape index (κ2) is 7.96. The lowest BCUT2D eigenvalue weighted by Gasteiger charge is -2.34. The SMILES string of the molecule is CC1CCCC(N(C)CCC(N)c2ccc(Br)cc2Cl)C1. The lowest BCUT2D eigenvalue weighted by molar-refractivity contribution is 0.160. The summed E-state index contributed by atoms with van der Waals surface area (Å²) in [5, 5.41) is 0.755. The molecule has 118 valence electrons. The summed E-state index contributed by atoms with van der Waals surface area (Å²) in [6.45, 7) is 3.40. The molecular weight excluding hydrogens is 348 g/mol. The topological polar surface area (TPSA) is 29.3 Å². The van der Waals surface area contributed by atoms with Crippen molar-refractivity contribution < 1.29 is 0 Å². The van der Waals surface area contributed by atoms with Crippen molar-refractivity contribution >= 4 is 27.5 Å². The van der Waals surface area contributed by atoms with Crippen LogP contribution in [0.1, 0.15) is 50.6 Å². The predicted octanol–water partition coefficient (Wildman–Crippen LogP) is 5.00. The maximum atomic E-state index is 6.32. The molecule has 0 aliphatic heterocycles. The van der Waals surface area contributed by atoms with Gasteiger partial charge in [-0.3, -0.25) is 0 Å². The number of nitrogens with zero attached hydrogens (tertiary/aromatic N) is 1. The van der Waals surface area contributed by atoms with Crippen LogP contribution < -0.4 is 5.73 Å². The second-order valence-corrected chi connectivity index (χ2v) is 7.79. The molecule has 1 fully saturated rings. The van der Waals surface area contributed by atoms with Crippen LogP contribution in [0.4, 0.5) is 0 Å². The van der Waals surface area contributed by atoms with Crippen molar-refractivity contribution in [1.29, 1.82) is 0 Å². The first-order valence-corrected chi connectivity index (χ1v) is 9.05. The molecule has 1 aliphatic carbocycles. The third kappa shape index (κ3) is 4.95. The number of rotatable bonds is 5. The first-order valence-electron chi connectivity index (χ1n) is 7.88. The highest BCUT2D eigenvalue weighted by Crippen LogP contribution is 2.29. The number of benzene rings is 1. The van der Waals surface area contributed by atoms with E-state index in [1.165, 1.54) is 25.7 Å². The van der Waals surface area contributed by atoms with E-state index < -0.39 is 0 Å². The Labute approximate surface area is 142 Å². The molecule has 0 amide bonds. The Morgan fingerprint density at radius 3 is 2.86 bits per heavy atom. The Hall–Kier alpha value is -0.0900. The smallest absolute Gasteiger partial charge is 0.0464 e. The van der Waals surface area contributed by atoms with Crippen molar-refractivity contribution in [1.82, 2.24) is 4.90 Å². The summed E-state index contributed by atoms with van der Waals surface area (Å²) in [6.07, 6.45) is 6.35. The van der Waals surface area contributed by atoms with Gasteiger partial charge in [0, 0.05) is 21.6 Å². The molecule has 3 unspecified atom stereocenters. The van der Waals surface area contributed by atoms with Crippen LogP contribution in [0.3, 0.4) is 0 Å². The van der Waals surface area contributed by atoms with Crippen LogP contribution in [0, 0.1) is 5.92 Å². The van der Waals surface area contributed by atoms with Gasteiger partial charge in [0.1, 0.15) is 0 Å². The fourth-order valence-electron chi connectivity index (χ4n) is 3.29. The molecule has 0 spiro atoms. The molecule has 1 aliphatic rings. The second-order valence-electron chi connectivity index (χ2n) is 6.47.